The fourth-order valence-corrected chi connectivity index (χ4v) is 2.25. The fraction of sp³-hybridized carbons (Fsp3) is 0.909. The summed E-state index contributed by atoms with van der Waals surface area (Å²) in [5.41, 5.74) is -0.719. The Morgan fingerprint density at radius 1 is 1.29 bits per heavy atom. The van der Waals surface area contributed by atoms with E-state index < -0.39 is 11.5 Å². The molecule has 1 saturated heterocycles. The maximum Gasteiger partial charge on any atom is 0.323 e. The lowest BCUT2D eigenvalue weighted by Gasteiger charge is -2.42. The van der Waals surface area contributed by atoms with E-state index in [9.17, 15) is 4.79 Å². The molecular formula is C11H21NO2. The summed E-state index contributed by atoms with van der Waals surface area (Å²) < 4.78 is 0. The number of hydrogen-bond donors (Lipinski definition) is 1. The molecule has 0 amide bonds. The van der Waals surface area contributed by atoms with Crippen LogP contribution in [0.15, 0.2) is 0 Å². The van der Waals surface area contributed by atoms with Crippen LogP contribution in [-0.4, -0.2) is 34.6 Å². The van der Waals surface area contributed by atoms with Gasteiger partial charge < -0.3 is 5.11 Å². The Labute approximate surface area is 86.1 Å². The molecule has 0 bridgehead atoms. The average molecular weight is 199 g/mol. The second kappa shape index (κ2) is 3.89. The van der Waals surface area contributed by atoms with Gasteiger partial charge in [0.2, 0.25) is 0 Å². The van der Waals surface area contributed by atoms with Gasteiger partial charge in [-0.3, -0.25) is 9.69 Å². The van der Waals surface area contributed by atoms with E-state index in [1.54, 1.807) is 13.8 Å². The average Bonchev–Trinajstić information content (AvgIpc) is 2.01. The smallest absolute Gasteiger partial charge is 0.323 e. The Morgan fingerprint density at radius 2 is 1.71 bits per heavy atom. The van der Waals surface area contributed by atoms with Gasteiger partial charge in [-0.15, -0.1) is 0 Å². The third-order valence-corrected chi connectivity index (χ3v) is 3.18. The second-order valence-electron chi connectivity index (χ2n) is 5.22. The minimum atomic E-state index is -0.723. The zero-order valence-corrected chi connectivity index (χ0v) is 9.58. The van der Waals surface area contributed by atoms with E-state index in [1.807, 2.05) is 0 Å². The van der Waals surface area contributed by atoms with Crippen molar-refractivity contribution in [2.75, 3.05) is 13.1 Å². The molecule has 0 unspecified atom stereocenters. The van der Waals surface area contributed by atoms with Crippen LogP contribution in [0.1, 0.15) is 34.1 Å². The number of likely N-dealkylation sites (tertiary alicyclic amines) is 1. The monoisotopic (exact) mass is 199 g/mol. The van der Waals surface area contributed by atoms with Crippen LogP contribution >= 0.6 is 0 Å². The van der Waals surface area contributed by atoms with Crippen molar-refractivity contribution in [1.82, 2.24) is 4.90 Å². The minimum absolute atomic E-state index is 0.609. The number of carboxylic acid groups (broad SMARTS) is 1. The standard InChI is InChI=1S/C11H21NO2/c1-8-5-9(2)7-12(6-8)11(3,4)10(13)14/h8-9H,5-7H2,1-4H3,(H,13,14)/t8-,9-/m1/s1. The van der Waals surface area contributed by atoms with Crippen molar-refractivity contribution >= 4 is 5.97 Å². The summed E-state index contributed by atoms with van der Waals surface area (Å²) in [5, 5.41) is 9.12. The number of carboxylic acids is 1. The second-order valence-corrected chi connectivity index (χ2v) is 5.22. The van der Waals surface area contributed by atoms with E-state index in [-0.39, 0.29) is 0 Å². The predicted molar refractivity (Wildman–Crippen MR) is 56.2 cm³/mol. The van der Waals surface area contributed by atoms with Crippen molar-refractivity contribution in [2.45, 2.75) is 39.7 Å². The van der Waals surface area contributed by atoms with E-state index in [4.69, 9.17) is 5.11 Å². The van der Waals surface area contributed by atoms with Crippen molar-refractivity contribution in [3.63, 3.8) is 0 Å². The first kappa shape index (κ1) is 11.5. The number of piperidine rings is 1. The van der Waals surface area contributed by atoms with Crippen molar-refractivity contribution in [2.24, 2.45) is 11.8 Å². The molecule has 1 aliphatic rings. The molecular weight excluding hydrogens is 178 g/mol. The van der Waals surface area contributed by atoms with Gasteiger partial charge in [0.15, 0.2) is 0 Å². The Kier molecular flexibility index (Phi) is 3.20. The summed E-state index contributed by atoms with van der Waals surface area (Å²) >= 11 is 0. The molecule has 0 aromatic carbocycles. The molecule has 0 radical (unpaired) electrons. The molecule has 3 heteroatoms. The van der Waals surface area contributed by atoms with Gasteiger partial charge in [0.05, 0.1) is 0 Å². The fourth-order valence-electron chi connectivity index (χ4n) is 2.25. The Morgan fingerprint density at radius 3 is 2.07 bits per heavy atom. The molecule has 14 heavy (non-hydrogen) atoms. The minimum Gasteiger partial charge on any atom is -0.480 e. The van der Waals surface area contributed by atoms with E-state index in [0.29, 0.717) is 11.8 Å². The van der Waals surface area contributed by atoms with Crippen LogP contribution in [0, 0.1) is 11.8 Å². The highest BCUT2D eigenvalue weighted by Crippen LogP contribution is 2.27. The Hall–Kier alpha value is -0.570. The molecule has 1 N–H and O–H groups in total. The lowest BCUT2D eigenvalue weighted by molar-refractivity contribution is -0.151. The van der Waals surface area contributed by atoms with Crippen LogP contribution in [0.5, 0.6) is 0 Å². The third kappa shape index (κ3) is 2.27. The summed E-state index contributed by atoms with van der Waals surface area (Å²) in [6.07, 6.45) is 1.21. The van der Waals surface area contributed by atoms with Crippen molar-refractivity contribution in [3.8, 4) is 0 Å². The lowest BCUT2D eigenvalue weighted by Crippen LogP contribution is -2.55. The van der Waals surface area contributed by atoms with Crippen LogP contribution in [0.25, 0.3) is 0 Å². The maximum atomic E-state index is 11.1. The van der Waals surface area contributed by atoms with Crippen LogP contribution in [-0.2, 0) is 4.79 Å². The van der Waals surface area contributed by atoms with Crippen molar-refractivity contribution in [3.05, 3.63) is 0 Å². The first-order valence-electron chi connectivity index (χ1n) is 5.32. The van der Waals surface area contributed by atoms with Crippen molar-refractivity contribution < 1.29 is 9.90 Å². The zero-order valence-electron chi connectivity index (χ0n) is 9.58. The summed E-state index contributed by atoms with van der Waals surface area (Å²) in [6.45, 7) is 9.79. The van der Waals surface area contributed by atoms with Crippen LogP contribution in [0.4, 0.5) is 0 Å². The van der Waals surface area contributed by atoms with Crippen LogP contribution in [0.3, 0.4) is 0 Å². The number of nitrogens with zero attached hydrogens (tertiary/aromatic N) is 1. The number of aliphatic carboxylic acids is 1. The largest absolute Gasteiger partial charge is 0.480 e. The third-order valence-electron chi connectivity index (χ3n) is 3.18. The van der Waals surface area contributed by atoms with Gasteiger partial charge in [0, 0.05) is 13.1 Å². The highest BCUT2D eigenvalue weighted by molar-refractivity contribution is 5.77. The molecule has 82 valence electrons. The molecule has 3 nitrogen and oxygen atoms in total. The van der Waals surface area contributed by atoms with E-state index in [1.165, 1.54) is 6.42 Å². The predicted octanol–water partition coefficient (Wildman–Crippen LogP) is 1.83. The van der Waals surface area contributed by atoms with E-state index >= 15 is 0 Å². The molecule has 1 heterocycles. The van der Waals surface area contributed by atoms with E-state index in [0.717, 1.165) is 13.1 Å². The van der Waals surface area contributed by atoms with Gasteiger partial charge in [-0.2, -0.15) is 0 Å². The van der Waals surface area contributed by atoms with Gasteiger partial charge in [-0.25, -0.2) is 0 Å². The zero-order chi connectivity index (χ0) is 10.9. The number of hydrogen-bond acceptors (Lipinski definition) is 2. The summed E-state index contributed by atoms with van der Waals surface area (Å²) in [4.78, 5) is 13.2. The van der Waals surface area contributed by atoms with Gasteiger partial charge in [-0.1, -0.05) is 13.8 Å². The molecule has 1 rings (SSSR count). The topological polar surface area (TPSA) is 40.5 Å². The number of rotatable bonds is 2. The highest BCUT2D eigenvalue weighted by atomic mass is 16.4. The quantitative estimate of drug-likeness (QED) is 0.737. The summed E-state index contributed by atoms with van der Waals surface area (Å²) in [6, 6.07) is 0. The summed E-state index contributed by atoms with van der Waals surface area (Å²) in [7, 11) is 0. The molecule has 0 aromatic rings. The van der Waals surface area contributed by atoms with Crippen LogP contribution < -0.4 is 0 Å². The van der Waals surface area contributed by atoms with E-state index in [2.05, 4.69) is 18.7 Å². The van der Waals surface area contributed by atoms with Gasteiger partial charge in [0.1, 0.15) is 5.54 Å². The maximum absolute atomic E-state index is 11.1. The lowest BCUT2D eigenvalue weighted by atomic mass is 9.88. The first-order valence-corrected chi connectivity index (χ1v) is 5.32. The van der Waals surface area contributed by atoms with Gasteiger partial charge in [-0.05, 0) is 32.1 Å². The molecule has 0 aliphatic carbocycles. The van der Waals surface area contributed by atoms with Crippen LogP contribution in [0.2, 0.25) is 0 Å². The molecule has 0 aromatic heterocycles. The molecule has 2 atom stereocenters. The van der Waals surface area contributed by atoms with Crippen molar-refractivity contribution in [1.29, 1.82) is 0 Å². The molecule has 0 saturated carbocycles. The summed E-state index contributed by atoms with van der Waals surface area (Å²) in [5.74, 6) is 0.494. The highest BCUT2D eigenvalue weighted by Gasteiger charge is 2.38. The SMILES string of the molecule is C[C@@H]1C[C@@H](C)CN(C(C)(C)C(=O)O)C1. The molecule has 0 spiro atoms. The molecule has 1 fully saturated rings. The molecule has 1 aliphatic heterocycles. The Bertz CT molecular complexity index is 215. The normalized spacial score (nSPS) is 30.3. The first-order chi connectivity index (χ1) is 6.34. The number of carbonyl (C=O) groups is 1. The Balaban J connectivity index is 2.72. The van der Waals surface area contributed by atoms with Gasteiger partial charge >= 0.3 is 5.97 Å². The van der Waals surface area contributed by atoms with Gasteiger partial charge in [0.25, 0.3) is 0 Å².